The topological polar surface area (TPSA) is 35.2 Å². The maximum atomic E-state index is 11.8. The molecule has 0 amide bonds. The van der Waals surface area contributed by atoms with Gasteiger partial charge in [0.15, 0.2) is 6.10 Å². The van der Waals surface area contributed by atoms with Crippen LogP contribution >= 0.6 is 0 Å². The van der Waals surface area contributed by atoms with Crippen LogP contribution in [0.5, 0.6) is 0 Å². The van der Waals surface area contributed by atoms with Crippen molar-refractivity contribution in [2.75, 3.05) is 13.2 Å². The molecule has 0 rings (SSSR count). The van der Waals surface area contributed by atoms with Crippen LogP contribution in [0.3, 0.4) is 0 Å². The average Bonchev–Trinajstić information content (AvgIpc) is 1.87. The van der Waals surface area contributed by atoms with Crippen LogP contribution in [0.15, 0.2) is 0 Å². The lowest BCUT2D eigenvalue weighted by molar-refractivity contribution is -0.216. The molecule has 2 N–H and O–H groups in total. The van der Waals surface area contributed by atoms with E-state index in [1.165, 1.54) is 0 Å². The van der Waals surface area contributed by atoms with Crippen molar-refractivity contribution in [2.45, 2.75) is 25.6 Å². The maximum absolute atomic E-state index is 11.8. The number of halogens is 3. The largest absolute Gasteiger partial charge is 0.415 e. The van der Waals surface area contributed by atoms with E-state index in [1.54, 1.807) is 6.92 Å². The minimum absolute atomic E-state index is 0.0986. The monoisotopic (exact) mass is 171 g/mol. The van der Waals surface area contributed by atoms with Crippen molar-refractivity contribution in [1.29, 1.82) is 0 Å². The molecule has 0 aliphatic rings. The van der Waals surface area contributed by atoms with E-state index in [0.717, 1.165) is 0 Å². The van der Waals surface area contributed by atoms with Gasteiger partial charge in [0.05, 0.1) is 0 Å². The number of hydrogen-bond donors (Lipinski definition) is 1. The quantitative estimate of drug-likeness (QED) is 0.692. The highest BCUT2D eigenvalue weighted by atomic mass is 19.4. The highest BCUT2D eigenvalue weighted by Crippen LogP contribution is 2.21. The third-order valence-corrected chi connectivity index (χ3v) is 1.10. The molecule has 0 bridgehead atoms. The zero-order valence-corrected chi connectivity index (χ0v) is 6.32. The number of rotatable bonds is 4. The van der Waals surface area contributed by atoms with Crippen molar-refractivity contribution in [2.24, 2.45) is 5.73 Å². The van der Waals surface area contributed by atoms with Gasteiger partial charge in [0.2, 0.25) is 0 Å². The Labute approximate surface area is 63.5 Å². The van der Waals surface area contributed by atoms with Crippen molar-refractivity contribution >= 4 is 0 Å². The van der Waals surface area contributed by atoms with E-state index < -0.39 is 18.8 Å². The standard InChI is InChI=1S/C6H12F3NO/c1-2-3-11-5(4-10)6(7,8)9/h5H,2-4,10H2,1H3. The van der Waals surface area contributed by atoms with Gasteiger partial charge in [-0.1, -0.05) is 6.92 Å². The van der Waals surface area contributed by atoms with Gasteiger partial charge >= 0.3 is 6.18 Å². The molecule has 0 radical (unpaired) electrons. The van der Waals surface area contributed by atoms with E-state index in [9.17, 15) is 13.2 Å². The van der Waals surface area contributed by atoms with Gasteiger partial charge in [-0.3, -0.25) is 0 Å². The summed E-state index contributed by atoms with van der Waals surface area (Å²) in [5, 5.41) is 0. The summed E-state index contributed by atoms with van der Waals surface area (Å²) in [5.41, 5.74) is 4.85. The molecule has 0 aliphatic heterocycles. The van der Waals surface area contributed by atoms with Gasteiger partial charge in [0.1, 0.15) is 0 Å². The molecule has 2 nitrogen and oxygen atoms in total. The Morgan fingerprint density at radius 2 is 2.00 bits per heavy atom. The predicted molar refractivity (Wildman–Crippen MR) is 35.1 cm³/mol. The number of ether oxygens (including phenoxy) is 1. The Morgan fingerprint density at radius 1 is 1.45 bits per heavy atom. The highest BCUT2D eigenvalue weighted by molar-refractivity contribution is 4.67. The first-order valence-electron chi connectivity index (χ1n) is 3.40. The zero-order valence-electron chi connectivity index (χ0n) is 6.32. The van der Waals surface area contributed by atoms with E-state index in [4.69, 9.17) is 5.73 Å². The molecule has 5 heteroatoms. The lowest BCUT2D eigenvalue weighted by atomic mass is 10.3. The van der Waals surface area contributed by atoms with Crippen molar-refractivity contribution in [1.82, 2.24) is 0 Å². The summed E-state index contributed by atoms with van der Waals surface area (Å²) in [6.45, 7) is 1.33. The first kappa shape index (κ1) is 10.7. The second-order valence-electron chi connectivity index (χ2n) is 2.14. The first-order chi connectivity index (χ1) is 5.02. The van der Waals surface area contributed by atoms with Crippen molar-refractivity contribution in [3.8, 4) is 0 Å². The first-order valence-corrected chi connectivity index (χ1v) is 3.40. The molecule has 0 saturated heterocycles. The molecule has 0 aliphatic carbocycles. The molecule has 0 saturated carbocycles. The Morgan fingerprint density at radius 3 is 2.27 bits per heavy atom. The highest BCUT2D eigenvalue weighted by Gasteiger charge is 2.39. The predicted octanol–water partition coefficient (Wildman–Crippen LogP) is 1.30. The van der Waals surface area contributed by atoms with Gasteiger partial charge in [-0.25, -0.2) is 0 Å². The smallest absolute Gasteiger partial charge is 0.367 e. The van der Waals surface area contributed by atoms with Crippen LogP contribution < -0.4 is 5.73 Å². The van der Waals surface area contributed by atoms with Gasteiger partial charge in [-0.2, -0.15) is 13.2 Å². The van der Waals surface area contributed by atoms with Crippen molar-refractivity contribution in [3.63, 3.8) is 0 Å². The van der Waals surface area contributed by atoms with Gasteiger partial charge in [0, 0.05) is 13.2 Å². The van der Waals surface area contributed by atoms with Crippen LogP contribution in [0.1, 0.15) is 13.3 Å². The van der Waals surface area contributed by atoms with Crippen LogP contribution in [0.4, 0.5) is 13.2 Å². The average molecular weight is 171 g/mol. The lowest BCUT2D eigenvalue weighted by Gasteiger charge is -2.18. The molecule has 0 heterocycles. The number of hydrogen-bond acceptors (Lipinski definition) is 2. The molecule has 0 aromatic heterocycles. The van der Waals surface area contributed by atoms with E-state index in [2.05, 4.69) is 4.74 Å². The lowest BCUT2D eigenvalue weighted by Crippen LogP contribution is -2.38. The fourth-order valence-electron chi connectivity index (χ4n) is 0.556. The molecule has 0 spiro atoms. The maximum Gasteiger partial charge on any atom is 0.415 e. The van der Waals surface area contributed by atoms with E-state index in [1.807, 2.05) is 0 Å². The third kappa shape index (κ3) is 4.21. The van der Waals surface area contributed by atoms with Crippen LogP contribution in [0, 0.1) is 0 Å². The molecule has 1 unspecified atom stereocenters. The molecule has 68 valence electrons. The molecule has 11 heavy (non-hydrogen) atoms. The number of nitrogens with two attached hydrogens (primary N) is 1. The molecule has 0 fully saturated rings. The summed E-state index contributed by atoms with van der Waals surface area (Å²) in [6, 6.07) is 0. The Kier molecular flexibility index (Phi) is 4.44. The van der Waals surface area contributed by atoms with E-state index in [-0.39, 0.29) is 6.61 Å². The fourth-order valence-corrected chi connectivity index (χ4v) is 0.556. The molecule has 0 aromatic carbocycles. The fraction of sp³-hybridized carbons (Fsp3) is 1.00. The van der Waals surface area contributed by atoms with Crippen molar-refractivity contribution < 1.29 is 17.9 Å². The summed E-state index contributed by atoms with van der Waals surface area (Å²) >= 11 is 0. The summed E-state index contributed by atoms with van der Waals surface area (Å²) < 4.78 is 40.0. The van der Waals surface area contributed by atoms with Crippen LogP contribution in [-0.4, -0.2) is 25.4 Å². The van der Waals surface area contributed by atoms with Crippen LogP contribution in [0.25, 0.3) is 0 Å². The van der Waals surface area contributed by atoms with E-state index >= 15 is 0 Å². The Hall–Kier alpha value is -0.290. The minimum atomic E-state index is -4.33. The van der Waals surface area contributed by atoms with Gasteiger partial charge in [-0.05, 0) is 6.42 Å². The van der Waals surface area contributed by atoms with Gasteiger partial charge < -0.3 is 10.5 Å². The SMILES string of the molecule is CCCOC(CN)C(F)(F)F. The summed E-state index contributed by atoms with van der Waals surface area (Å²) in [5.74, 6) is 0. The Balaban J connectivity index is 3.76. The van der Waals surface area contributed by atoms with Gasteiger partial charge in [-0.15, -0.1) is 0 Å². The third-order valence-electron chi connectivity index (χ3n) is 1.10. The molecular formula is C6H12F3NO. The van der Waals surface area contributed by atoms with Crippen molar-refractivity contribution in [3.05, 3.63) is 0 Å². The normalized spacial score (nSPS) is 15.0. The van der Waals surface area contributed by atoms with E-state index in [0.29, 0.717) is 6.42 Å². The second kappa shape index (κ2) is 4.56. The molecule has 0 aromatic rings. The van der Waals surface area contributed by atoms with Gasteiger partial charge in [0.25, 0.3) is 0 Å². The molecular weight excluding hydrogens is 159 g/mol. The molecule has 1 atom stereocenters. The zero-order chi connectivity index (χ0) is 8.91. The second-order valence-corrected chi connectivity index (χ2v) is 2.14. The Bertz CT molecular complexity index is 104. The summed E-state index contributed by atoms with van der Waals surface area (Å²) in [7, 11) is 0. The van der Waals surface area contributed by atoms with Crippen LogP contribution in [0.2, 0.25) is 0 Å². The summed E-state index contributed by atoms with van der Waals surface area (Å²) in [4.78, 5) is 0. The number of alkyl halides is 3. The summed E-state index contributed by atoms with van der Waals surface area (Å²) in [6.07, 6.45) is -5.57. The minimum Gasteiger partial charge on any atom is -0.367 e. The van der Waals surface area contributed by atoms with Crippen LogP contribution in [-0.2, 0) is 4.74 Å².